The highest BCUT2D eigenvalue weighted by Crippen LogP contribution is 2.23. The lowest BCUT2D eigenvalue weighted by Crippen LogP contribution is -2.40. The van der Waals surface area contributed by atoms with Crippen molar-refractivity contribution < 1.29 is 4.79 Å². The van der Waals surface area contributed by atoms with Crippen molar-refractivity contribution in [2.75, 3.05) is 13.1 Å². The molecule has 0 amide bonds. The molecule has 0 saturated carbocycles. The first-order chi connectivity index (χ1) is 8.58. The molecule has 1 aromatic carbocycles. The first-order valence-corrected chi connectivity index (χ1v) is 7.06. The zero-order chi connectivity index (χ0) is 13.1. The summed E-state index contributed by atoms with van der Waals surface area (Å²) >= 11 is 12.0. The number of benzene rings is 1. The van der Waals surface area contributed by atoms with Crippen molar-refractivity contribution in [2.24, 2.45) is 0 Å². The molecule has 98 valence electrons. The van der Waals surface area contributed by atoms with Crippen molar-refractivity contribution >= 4 is 29.0 Å². The van der Waals surface area contributed by atoms with E-state index in [-0.39, 0.29) is 5.78 Å². The van der Waals surface area contributed by atoms with Gasteiger partial charge in [-0.15, -0.1) is 0 Å². The second-order valence-corrected chi connectivity index (χ2v) is 5.71. The molecule has 1 heterocycles. The number of carbonyl (C=O) groups is 1. The summed E-state index contributed by atoms with van der Waals surface area (Å²) < 4.78 is 0. The SMILES string of the molecule is C[C@@H]1CCCCN1CC(=O)c1cc(Cl)ccc1Cl. The number of carbonyl (C=O) groups excluding carboxylic acids is 1. The van der Waals surface area contributed by atoms with Crippen molar-refractivity contribution in [2.45, 2.75) is 32.2 Å². The summed E-state index contributed by atoms with van der Waals surface area (Å²) in [6.07, 6.45) is 3.58. The van der Waals surface area contributed by atoms with Gasteiger partial charge in [0.15, 0.2) is 5.78 Å². The van der Waals surface area contributed by atoms with Crippen LogP contribution in [0.5, 0.6) is 0 Å². The largest absolute Gasteiger partial charge is 0.293 e. The van der Waals surface area contributed by atoms with E-state index in [0.717, 1.165) is 13.0 Å². The van der Waals surface area contributed by atoms with E-state index in [1.807, 2.05) is 0 Å². The molecule has 0 spiro atoms. The van der Waals surface area contributed by atoms with Crippen LogP contribution in [0.3, 0.4) is 0 Å². The van der Waals surface area contributed by atoms with Crippen LogP contribution in [0.2, 0.25) is 10.0 Å². The van der Waals surface area contributed by atoms with Crippen molar-refractivity contribution in [3.05, 3.63) is 33.8 Å². The maximum Gasteiger partial charge on any atom is 0.178 e. The molecule has 1 fully saturated rings. The van der Waals surface area contributed by atoms with Crippen LogP contribution in [0.4, 0.5) is 0 Å². The van der Waals surface area contributed by atoms with Gasteiger partial charge in [-0.05, 0) is 44.5 Å². The molecule has 0 aliphatic carbocycles. The Labute approximate surface area is 118 Å². The van der Waals surface area contributed by atoms with E-state index in [1.165, 1.54) is 12.8 Å². The molecule has 0 aromatic heterocycles. The maximum atomic E-state index is 12.2. The summed E-state index contributed by atoms with van der Waals surface area (Å²) in [7, 11) is 0. The number of hydrogen-bond acceptors (Lipinski definition) is 2. The van der Waals surface area contributed by atoms with Crippen LogP contribution in [-0.4, -0.2) is 29.8 Å². The third kappa shape index (κ3) is 3.25. The van der Waals surface area contributed by atoms with Gasteiger partial charge in [-0.3, -0.25) is 9.69 Å². The Kier molecular flexibility index (Phi) is 4.66. The number of piperidine rings is 1. The van der Waals surface area contributed by atoms with E-state index in [1.54, 1.807) is 18.2 Å². The number of nitrogens with zero attached hydrogens (tertiary/aromatic N) is 1. The molecule has 1 aliphatic rings. The van der Waals surface area contributed by atoms with Gasteiger partial charge in [0.1, 0.15) is 0 Å². The number of Topliss-reactive ketones (excluding diaryl/α,β-unsaturated/α-hetero) is 1. The van der Waals surface area contributed by atoms with E-state index in [9.17, 15) is 4.79 Å². The molecule has 1 aromatic rings. The van der Waals surface area contributed by atoms with E-state index >= 15 is 0 Å². The Bertz CT molecular complexity index is 447. The Morgan fingerprint density at radius 2 is 2.17 bits per heavy atom. The van der Waals surface area contributed by atoms with Crippen molar-refractivity contribution in [3.63, 3.8) is 0 Å². The van der Waals surface area contributed by atoms with Gasteiger partial charge in [0.2, 0.25) is 0 Å². The molecule has 0 bridgehead atoms. The van der Waals surface area contributed by atoms with Crippen LogP contribution in [0.25, 0.3) is 0 Å². The molecule has 2 nitrogen and oxygen atoms in total. The van der Waals surface area contributed by atoms with E-state index in [4.69, 9.17) is 23.2 Å². The van der Waals surface area contributed by atoms with Crippen LogP contribution in [0, 0.1) is 0 Å². The van der Waals surface area contributed by atoms with Crippen molar-refractivity contribution in [1.29, 1.82) is 0 Å². The minimum absolute atomic E-state index is 0.0521. The van der Waals surface area contributed by atoms with Crippen LogP contribution in [0.15, 0.2) is 18.2 Å². The van der Waals surface area contributed by atoms with Gasteiger partial charge in [-0.25, -0.2) is 0 Å². The second-order valence-electron chi connectivity index (χ2n) is 4.86. The second kappa shape index (κ2) is 6.05. The van der Waals surface area contributed by atoms with Gasteiger partial charge in [-0.1, -0.05) is 29.6 Å². The molecule has 2 rings (SSSR count). The minimum Gasteiger partial charge on any atom is -0.293 e. The molecular weight excluding hydrogens is 269 g/mol. The normalized spacial score (nSPS) is 20.9. The number of hydrogen-bond donors (Lipinski definition) is 0. The lowest BCUT2D eigenvalue weighted by atomic mass is 10.0. The zero-order valence-corrected chi connectivity index (χ0v) is 12.0. The highest BCUT2D eigenvalue weighted by molar-refractivity contribution is 6.36. The summed E-state index contributed by atoms with van der Waals surface area (Å²) in [5, 5.41) is 1.03. The molecule has 0 unspecified atom stereocenters. The zero-order valence-electron chi connectivity index (χ0n) is 10.5. The Morgan fingerprint density at radius 3 is 2.89 bits per heavy atom. The predicted molar refractivity (Wildman–Crippen MR) is 75.7 cm³/mol. The number of halogens is 2. The summed E-state index contributed by atoms with van der Waals surface area (Å²) in [6.45, 7) is 3.60. The molecule has 0 N–H and O–H groups in total. The number of ketones is 1. The quantitative estimate of drug-likeness (QED) is 0.781. The number of likely N-dealkylation sites (tertiary alicyclic amines) is 1. The molecular formula is C14H17Cl2NO. The third-order valence-corrected chi connectivity index (χ3v) is 4.08. The topological polar surface area (TPSA) is 20.3 Å². The van der Waals surface area contributed by atoms with Gasteiger partial charge < -0.3 is 0 Å². The van der Waals surface area contributed by atoms with E-state index < -0.39 is 0 Å². The fraction of sp³-hybridized carbons (Fsp3) is 0.500. The lowest BCUT2D eigenvalue weighted by Gasteiger charge is -2.32. The smallest absolute Gasteiger partial charge is 0.178 e. The standard InChI is InChI=1S/C14H17Cl2NO/c1-10-4-2-3-7-17(10)9-14(18)12-8-11(15)5-6-13(12)16/h5-6,8,10H,2-4,7,9H2,1H3/t10-/m1/s1. The van der Waals surface area contributed by atoms with Crippen LogP contribution in [-0.2, 0) is 0 Å². The van der Waals surface area contributed by atoms with Gasteiger partial charge in [0, 0.05) is 16.6 Å². The monoisotopic (exact) mass is 285 g/mol. The molecule has 1 aliphatic heterocycles. The molecule has 0 radical (unpaired) electrons. The summed E-state index contributed by atoms with van der Waals surface area (Å²) in [5.41, 5.74) is 0.530. The minimum atomic E-state index is 0.0521. The van der Waals surface area contributed by atoms with Crippen LogP contribution >= 0.6 is 23.2 Å². The van der Waals surface area contributed by atoms with Gasteiger partial charge in [-0.2, -0.15) is 0 Å². The highest BCUT2D eigenvalue weighted by Gasteiger charge is 2.22. The van der Waals surface area contributed by atoms with Crippen LogP contribution in [0.1, 0.15) is 36.5 Å². The van der Waals surface area contributed by atoms with Crippen molar-refractivity contribution in [3.8, 4) is 0 Å². The fourth-order valence-corrected chi connectivity index (χ4v) is 2.77. The average molecular weight is 286 g/mol. The highest BCUT2D eigenvalue weighted by atomic mass is 35.5. The molecule has 18 heavy (non-hydrogen) atoms. The molecule has 1 saturated heterocycles. The van der Waals surface area contributed by atoms with E-state index in [0.29, 0.717) is 28.2 Å². The average Bonchev–Trinajstić information content (AvgIpc) is 2.35. The van der Waals surface area contributed by atoms with Gasteiger partial charge in [0.25, 0.3) is 0 Å². The summed E-state index contributed by atoms with van der Waals surface area (Å²) in [5.74, 6) is 0.0521. The van der Waals surface area contributed by atoms with Gasteiger partial charge in [0.05, 0.1) is 11.6 Å². The van der Waals surface area contributed by atoms with E-state index in [2.05, 4.69) is 11.8 Å². The summed E-state index contributed by atoms with van der Waals surface area (Å²) in [4.78, 5) is 14.5. The molecule has 1 atom stereocenters. The van der Waals surface area contributed by atoms with Gasteiger partial charge >= 0.3 is 0 Å². The summed E-state index contributed by atoms with van der Waals surface area (Å²) in [6, 6.07) is 5.50. The van der Waals surface area contributed by atoms with Crippen LogP contribution < -0.4 is 0 Å². The first kappa shape index (κ1) is 13.9. The Balaban J connectivity index is 2.09. The predicted octanol–water partition coefficient (Wildman–Crippen LogP) is 4.05. The number of rotatable bonds is 3. The Hall–Kier alpha value is -0.570. The Morgan fingerprint density at radius 1 is 1.39 bits per heavy atom. The fourth-order valence-electron chi connectivity index (χ4n) is 2.37. The van der Waals surface area contributed by atoms with Crippen molar-refractivity contribution in [1.82, 2.24) is 4.90 Å². The lowest BCUT2D eigenvalue weighted by molar-refractivity contribution is 0.0860. The molecule has 4 heteroatoms. The maximum absolute atomic E-state index is 12.2. The third-order valence-electron chi connectivity index (χ3n) is 3.52. The first-order valence-electron chi connectivity index (χ1n) is 6.30.